The topological polar surface area (TPSA) is 47.6 Å². The molecule has 1 atom stereocenters. The highest BCUT2D eigenvalue weighted by atomic mass is 19.1. The molecule has 0 saturated carbocycles. The van der Waals surface area contributed by atoms with E-state index in [1.54, 1.807) is 6.07 Å². The lowest BCUT2D eigenvalue weighted by molar-refractivity contribution is -0.116. The van der Waals surface area contributed by atoms with Crippen LogP contribution in [0.25, 0.3) is 0 Å². The molecular weight excluding hydrogens is 321 g/mol. The number of aryl methyl sites for hydroxylation is 1. The summed E-state index contributed by atoms with van der Waals surface area (Å²) in [6.07, 6.45) is 3.13. The lowest BCUT2D eigenvalue weighted by Crippen LogP contribution is -2.16. The van der Waals surface area contributed by atoms with Crippen LogP contribution in [0.3, 0.4) is 0 Å². The molecule has 0 aliphatic carbocycles. The lowest BCUT2D eigenvalue weighted by atomic mass is 10.1. The van der Waals surface area contributed by atoms with Crippen LogP contribution in [0.15, 0.2) is 48.5 Å². The summed E-state index contributed by atoms with van der Waals surface area (Å²) >= 11 is 0. The minimum absolute atomic E-state index is 0.0997. The van der Waals surface area contributed by atoms with Gasteiger partial charge in [-0.3, -0.25) is 4.79 Å². The summed E-state index contributed by atoms with van der Waals surface area (Å²) in [5.41, 5.74) is 1.53. The quantitative estimate of drug-likeness (QED) is 0.828. The predicted molar refractivity (Wildman–Crippen MR) is 94.3 cm³/mol. The average molecular weight is 343 g/mol. The fourth-order valence-electron chi connectivity index (χ4n) is 2.77. The minimum Gasteiger partial charge on any atom is -0.491 e. The van der Waals surface area contributed by atoms with Crippen molar-refractivity contribution in [3.63, 3.8) is 0 Å². The van der Waals surface area contributed by atoms with Gasteiger partial charge in [0.15, 0.2) is 0 Å². The van der Waals surface area contributed by atoms with Crippen LogP contribution >= 0.6 is 0 Å². The first kappa shape index (κ1) is 17.4. The fourth-order valence-corrected chi connectivity index (χ4v) is 2.77. The number of benzene rings is 2. The number of carbonyl (C=O) groups excluding carboxylic acids is 1. The highest BCUT2D eigenvalue weighted by Crippen LogP contribution is 2.18. The first-order valence-electron chi connectivity index (χ1n) is 8.58. The molecule has 1 aliphatic rings. The van der Waals surface area contributed by atoms with Crippen molar-refractivity contribution >= 4 is 11.6 Å². The number of amides is 1. The van der Waals surface area contributed by atoms with E-state index >= 15 is 0 Å². The second-order valence-corrected chi connectivity index (χ2v) is 6.15. The van der Waals surface area contributed by atoms with E-state index in [-0.39, 0.29) is 17.8 Å². The maximum Gasteiger partial charge on any atom is 0.224 e. The van der Waals surface area contributed by atoms with Gasteiger partial charge in [-0.05, 0) is 61.2 Å². The Bertz CT molecular complexity index is 696. The van der Waals surface area contributed by atoms with Crippen LogP contribution in [0, 0.1) is 5.82 Å². The van der Waals surface area contributed by atoms with Crippen molar-refractivity contribution in [1.82, 2.24) is 0 Å². The molecule has 3 rings (SSSR count). The Morgan fingerprint density at radius 2 is 2.08 bits per heavy atom. The summed E-state index contributed by atoms with van der Waals surface area (Å²) in [5.74, 6) is 0.377. The van der Waals surface area contributed by atoms with Crippen molar-refractivity contribution in [2.75, 3.05) is 18.5 Å². The van der Waals surface area contributed by atoms with Crippen molar-refractivity contribution in [3.8, 4) is 5.75 Å². The lowest BCUT2D eigenvalue weighted by Gasteiger charge is -2.12. The van der Waals surface area contributed by atoms with Gasteiger partial charge in [0, 0.05) is 18.7 Å². The summed E-state index contributed by atoms with van der Waals surface area (Å²) < 4.78 is 24.3. The molecule has 0 radical (unpaired) electrons. The zero-order valence-corrected chi connectivity index (χ0v) is 14.0. The standard InChI is InChI=1S/C20H22FNO3/c21-16-4-1-3-15(13-16)6-11-20(23)22-17-7-9-18(10-8-17)25-14-19-5-2-12-24-19/h1,3-4,7-10,13,19H,2,5-6,11-12,14H2,(H,22,23). The molecule has 0 spiro atoms. The molecule has 2 aromatic carbocycles. The zero-order valence-electron chi connectivity index (χ0n) is 14.0. The SMILES string of the molecule is O=C(CCc1cccc(F)c1)Nc1ccc(OCC2CCCO2)cc1. The number of hydrogen-bond donors (Lipinski definition) is 1. The second-order valence-electron chi connectivity index (χ2n) is 6.15. The Morgan fingerprint density at radius 1 is 1.24 bits per heavy atom. The third-order valence-corrected chi connectivity index (χ3v) is 4.13. The molecule has 0 aromatic heterocycles. The van der Waals surface area contributed by atoms with Crippen molar-refractivity contribution in [2.24, 2.45) is 0 Å². The summed E-state index contributed by atoms with van der Waals surface area (Å²) in [5, 5.41) is 2.84. The molecule has 1 amide bonds. The van der Waals surface area contributed by atoms with Crippen LogP contribution in [0.1, 0.15) is 24.8 Å². The first-order valence-corrected chi connectivity index (χ1v) is 8.58. The molecule has 1 unspecified atom stereocenters. The second kappa shape index (κ2) is 8.62. The summed E-state index contributed by atoms with van der Waals surface area (Å²) in [6, 6.07) is 13.6. The molecule has 1 saturated heterocycles. The molecule has 1 heterocycles. The van der Waals surface area contributed by atoms with Gasteiger partial charge in [-0.25, -0.2) is 4.39 Å². The third-order valence-electron chi connectivity index (χ3n) is 4.13. The van der Waals surface area contributed by atoms with Crippen molar-refractivity contribution in [3.05, 3.63) is 59.9 Å². The summed E-state index contributed by atoms with van der Waals surface area (Å²) in [4.78, 5) is 12.0. The highest BCUT2D eigenvalue weighted by Gasteiger charge is 2.15. The minimum atomic E-state index is -0.281. The number of rotatable bonds is 7. The number of hydrogen-bond acceptors (Lipinski definition) is 3. The predicted octanol–water partition coefficient (Wildman–Crippen LogP) is 3.95. The van der Waals surface area contributed by atoms with Crippen LogP contribution in [0.2, 0.25) is 0 Å². The maximum absolute atomic E-state index is 13.1. The van der Waals surface area contributed by atoms with Gasteiger partial charge in [-0.15, -0.1) is 0 Å². The van der Waals surface area contributed by atoms with Crippen molar-refractivity contribution in [2.45, 2.75) is 31.8 Å². The molecule has 5 heteroatoms. The molecule has 4 nitrogen and oxygen atoms in total. The van der Waals surface area contributed by atoms with E-state index in [9.17, 15) is 9.18 Å². The van der Waals surface area contributed by atoms with Gasteiger partial charge in [-0.1, -0.05) is 12.1 Å². The average Bonchev–Trinajstić information content (AvgIpc) is 3.13. The van der Waals surface area contributed by atoms with Crippen molar-refractivity contribution in [1.29, 1.82) is 0 Å². The Hall–Kier alpha value is -2.40. The van der Waals surface area contributed by atoms with Gasteiger partial charge < -0.3 is 14.8 Å². The van der Waals surface area contributed by atoms with E-state index in [0.717, 1.165) is 30.8 Å². The number of anilines is 1. The molecule has 1 N–H and O–H groups in total. The normalized spacial score (nSPS) is 16.6. The summed E-state index contributed by atoms with van der Waals surface area (Å²) in [6.45, 7) is 1.37. The van der Waals surface area contributed by atoms with Crippen LogP contribution in [0.5, 0.6) is 5.75 Å². The molecule has 1 aliphatic heterocycles. The van der Waals surface area contributed by atoms with Gasteiger partial charge in [0.25, 0.3) is 0 Å². The van der Waals surface area contributed by atoms with E-state index in [0.29, 0.717) is 25.1 Å². The Labute approximate surface area is 147 Å². The number of carbonyl (C=O) groups is 1. The van der Waals surface area contributed by atoms with Gasteiger partial charge >= 0.3 is 0 Å². The van der Waals surface area contributed by atoms with Crippen LogP contribution < -0.4 is 10.1 Å². The molecule has 132 valence electrons. The number of halogens is 1. The van der Waals surface area contributed by atoms with E-state index in [4.69, 9.17) is 9.47 Å². The maximum atomic E-state index is 13.1. The number of ether oxygens (including phenoxy) is 2. The fraction of sp³-hybridized carbons (Fsp3) is 0.350. The van der Waals surface area contributed by atoms with Crippen LogP contribution in [-0.4, -0.2) is 25.2 Å². The Balaban J connectivity index is 1.43. The van der Waals surface area contributed by atoms with E-state index in [1.165, 1.54) is 12.1 Å². The zero-order chi connectivity index (χ0) is 17.5. The van der Waals surface area contributed by atoms with Gasteiger partial charge in [-0.2, -0.15) is 0 Å². The first-order chi connectivity index (χ1) is 12.2. The van der Waals surface area contributed by atoms with Crippen molar-refractivity contribution < 1.29 is 18.7 Å². The smallest absolute Gasteiger partial charge is 0.224 e. The van der Waals surface area contributed by atoms with E-state index in [1.807, 2.05) is 30.3 Å². The monoisotopic (exact) mass is 343 g/mol. The van der Waals surface area contributed by atoms with Crippen LogP contribution in [0.4, 0.5) is 10.1 Å². The molecular formula is C20H22FNO3. The number of nitrogens with one attached hydrogen (secondary N) is 1. The molecule has 0 bridgehead atoms. The van der Waals surface area contributed by atoms with E-state index < -0.39 is 0 Å². The molecule has 1 fully saturated rings. The van der Waals surface area contributed by atoms with Gasteiger partial charge in [0.1, 0.15) is 18.2 Å². The van der Waals surface area contributed by atoms with Crippen LogP contribution in [-0.2, 0) is 16.0 Å². The van der Waals surface area contributed by atoms with Gasteiger partial charge in [0.2, 0.25) is 5.91 Å². The largest absolute Gasteiger partial charge is 0.491 e. The van der Waals surface area contributed by atoms with E-state index in [2.05, 4.69) is 5.32 Å². The Kier molecular flexibility index (Phi) is 6.01. The molecule has 25 heavy (non-hydrogen) atoms. The molecule has 2 aromatic rings. The Morgan fingerprint density at radius 3 is 2.80 bits per heavy atom. The third kappa shape index (κ3) is 5.57. The summed E-state index contributed by atoms with van der Waals surface area (Å²) in [7, 11) is 0. The highest BCUT2D eigenvalue weighted by molar-refractivity contribution is 5.90. The van der Waals surface area contributed by atoms with Gasteiger partial charge in [0.05, 0.1) is 6.10 Å².